The van der Waals surface area contributed by atoms with Gasteiger partial charge in [0.05, 0.1) is 0 Å². The van der Waals surface area contributed by atoms with Crippen LogP contribution in [-0.4, -0.2) is 23.5 Å². The van der Waals surface area contributed by atoms with E-state index < -0.39 is 12.0 Å². The lowest BCUT2D eigenvalue weighted by molar-refractivity contribution is -0.137. The predicted molar refractivity (Wildman–Crippen MR) is 77.0 cm³/mol. The van der Waals surface area contributed by atoms with Crippen molar-refractivity contribution in [3.63, 3.8) is 0 Å². The fourth-order valence-corrected chi connectivity index (χ4v) is 1.88. The van der Waals surface area contributed by atoms with Gasteiger partial charge in [0.25, 0.3) is 0 Å². The Balaban J connectivity index is 2.28. The third-order valence-corrected chi connectivity index (χ3v) is 3.23. The number of carbonyl (C=O) groups is 2. The van der Waals surface area contributed by atoms with Crippen LogP contribution in [-0.2, 0) is 9.59 Å². The molecule has 0 aliphatic rings. The van der Waals surface area contributed by atoms with E-state index in [4.69, 9.17) is 10.8 Å². The molecule has 0 aliphatic carbocycles. The first-order valence-electron chi connectivity index (χ1n) is 6.80. The first-order chi connectivity index (χ1) is 9.50. The summed E-state index contributed by atoms with van der Waals surface area (Å²) in [5, 5.41) is 11.4. The first-order valence-corrected chi connectivity index (χ1v) is 6.80. The van der Waals surface area contributed by atoms with Gasteiger partial charge in [-0.2, -0.15) is 0 Å². The standard InChI is InChI=1S/C15H22N2O3/c1-11(7-8-13(18)19)9-10-17-15(20)14(16)12-5-3-2-4-6-12/h2-6,11,14H,7-10,16H2,1H3,(H,17,20)(H,18,19). The quantitative estimate of drug-likeness (QED) is 0.674. The van der Waals surface area contributed by atoms with Crippen LogP contribution >= 0.6 is 0 Å². The summed E-state index contributed by atoms with van der Waals surface area (Å²) in [7, 11) is 0. The molecule has 0 radical (unpaired) electrons. The normalized spacial score (nSPS) is 13.5. The Hall–Kier alpha value is -1.88. The van der Waals surface area contributed by atoms with E-state index in [0.717, 1.165) is 12.0 Å². The molecule has 0 saturated carbocycles. The van der Waals surface area contributed by atoms with Gasteiger partial charge in [0, 0.05) is 13.0 Å². The molecule has 0 heterocycles. The molecule has 1 rings (SSSR count). The SMILES string of the molecule is CC(CCNC(=O)C(N)c1ccccc1)CCC(=O)O. The average molecular weight is 278 g/mol. The molecule has 4 N–H and O–H groups in total. The summed E-state index contributed by atoms with van der Waals surface area (Å²) >= 11 is 0. The zero-order valence-electron chi connectivity index (χ0n) is 11.7. The largest absolute Gasteiger partial charge is 0.481 e. The molecule has 0 bridgehead atoms. The minimum absolute atomic E-state index is 0.165. The topological polar surface area (TPSA) is 92.4 Å². The maximum absolute atomic E-state index is 11.9. The van der Waals surface area contributed by atoms with Gasteiger partial charge in [-0.3, -0.25) is 9.59 Å². The molecule has 110 valence electrons. The van der Waals surface area contributed by atoms with E-state index in [2.05, 4.69) is 5.32 Å². The summed E-state index contributed by atoms with van der Waals surface area (Å²) in [4.78, 5) is 22.3. The van der Waals surface area contributed by atoms with Gasteiger partial charge in [-0.05, 0) is 24.3 Å². The summed E-state index contributed by atoms with van der Waals surface area (Å²) in [5.41, 5.74) is 6.65. The molecule has 1 amide bonds. The van der Waals surface area contributed by atoms with Gasteiger partial charge in [0.15, 0.2) is 0 Å². The van der Waals surface area contributed by atoms with Crippen LogP contribution in [0, 0.1) is 5.92 Å². The maximum atomic E-state index is 11.9. The van der Waals surface area contributed by atoms with Crippen molar-refractivity contribution in [1.82, 2.24) is 5.32 Å². The third kappa shape index (κ3) is 5.84. The van der Waals surface area contributed by atoms with E-state index in [9.17, 15) is 9.59 Å². The predicted octanol–water partition coefficient (Wildman–Crippen LogP) is 1.69. The van der Waals surface area contributed by atoms with E-state index in [-0.39, 0.29) is 18.2 Å². The summed E-state index contributed by atoms with van der Waals surface area (Å²) in [6, 6.07) is 8.54. The van der Waals surface area contributed by atoms with Crippen LogP contribution in [0.1, 0.15) is 37.8 Å². The fourth-order valence-electron chi connectivity index (χ4n) is 1.88. The molecular weight excluding hydrogens is 256 g/mol. The highest BCUT2D eigenvalue weighted by atomic mass is 16.4. The number of aliphatic carboxylic acids is 1. The Morgan fingerprint density at radius 2 is 1.90 bits per heavy atom. The van der Waals surface area contributed by atoms with Crippen molar-refractivity contribution in [2.24, 2.45) is 11.7 Å². The summed E-state index contributed by atoms with van der Waals surface area (Å²) in [5.74, 6) is -0.729. The number of hydrogen-bond acceptors (Lipinski definition) is 3. The Morgan fingerprint density at radius 1 is 1.25 bits per heavy atom. The van der Waals surface area contributed by atoms with Crippen molar-refractivity contribution in [3.05, 3.63) is 35.9 Å². The fraction of sp³-hybridized carbons (Fsp3) is 0.467. The first kappa shape index (κ1) is 16.2. The number of rotatable bonds is 8. The molecule has 5 heteroatoms. The van der Waals surface area contributed by atoms with E-state index in [1.807, 2.05) is 37.3 Å². The number of nitrogens with one attached hydrogen (secondary N) is 1. The molecule has 0 spiro atoms. The highest BCUT2D eigenvalue weighted by molar-refractivity contribution is 5.82. The second-order valence-corrected chi connectivity index (χ2v) is 5.01. The molecule has 1 aromatic rings. The van der Waals surface area contributed by atoms with Crippen LogP contribution in [0.25, 0.3) is 0 Å². The summed E-state index contributed by atoms with van der Waals surface area (Å²) in [6.45, 7) is 2.49. The van der Waals surface area contributed by atoms with Crippen LogP contribution in [0.3, 0.4) is 0 Å². The molecular formula is C15H22N2O3. The van der Waals surface area contributed by atoms with Gasteiger partial charge in [-0.1, -0.05) is 37.3 Å². The van der Waals surface area contributed by atoms with Crippen LogP contribution < -0.4 is 11.1 Å². The van der Waals surface area contributed by atoms with Crippen LogP contribution in [0.2, 0.25) is 0 Å². The van der Waals surface area contributed by atoms with Gasteiger partial charge >= 0.3 is 5.97 Å². The lowest BCUT2D eigenvalue weighted by atomic mass is 10.0. The molecule has 2 atom stereocenters. The van der Waals surface area contributed by atoms with E-state index in [0.29, 0.717) is 13.0 Å². The van der Waals surface area contributed by atoms with Crippen molar-refractivity contribution in [3.8, 4) is 0 Å². The number of carboxylic acids is 1. The lowest BCUT2D eigenvalue weighted by Gasteiger charge is -2.14. The van der Waals surface area contributed by atoms with Crippen LogP contribution in [0.5, 0.6) is 0 Å². The minimum atomic E-state index is -0.785. The summed E-state index contributed by atoms with van der Waals surface area (Å²) in [6.07, 6.45) is 1.54. The molecule has 0 saturated heterocycles. The van der Waals surface area contributed by atoms with Gasteiger partial charge in [-0.25, -0.2) is 0 Å². The Labute approximate surface area is 119 Å². The van der Waals surface area contributed by atoms with Crippen molar-refractivity contribution < 1.29 is 14.7 Å². The number of benzene rings is 1. The molecule has 0 aromatic heterocycles. The zero-order chi connectivity index (χ0) is 15.0. The van der Waals surface area contributed by atoms with Crippen molar-refractivity contribution in [2.75, 3.05) is 6.54 Å². The van der Waals surface area contributed by atoms with Crippen LogP contribution in [0.15, 0.2) is 30.3 Å². The van der Waals surface area contributed by atoms with Crippen LogP contribution in [0.4, 0.5) is 0 Å². The number of carbonyl (C=O) groups excluding carboxylic acids is 1. The zero-order valence-corrected chi connectivity index (χ0v) is 11.7. The van der Waals surface area contributed by atoms with Crippen molar-refractivity contribution >= 4 is 11.9 Å². The Kier molecular flexibility index (Phi) is 6.73. The smallest absolute Gasteiger partial charge is 0.303 e. The average Bonchev–Trinajstić information content (AvgIpc) is 2.45. The number of nitrogens with two attached hydrogens (primary N) is 1. The highest BCUT2D eigenvalue weighted by Gasteiger charge is 2.15. The number of carboxylic acid groups (broad SMARTS) is 1. The summed E-state index contributed by atoms with van der Waals surface area (Å²) < 4.78 is 0. The Bertz CT molecular complexity index is 434. The number of hydrogen-bond donors (Lipinski definition) is 3. The van der Waals surface area contributed by atoms with Crippen molar-refractivity contribution in [1.29, 1.82) is 0 Å². The second-order valence-electron chi connectivity index (χ2n) is 5.01. The second kappa shape index (κ2) is 8.32. The molecule has 2 unspecified atom stereocenters. The minimum Gasteiger partial charge on any atom is -0.481 e. The number of amides is 1. The van der Waals surface area contributed by atoms with Gasteiger partial charge in [-0.15, -0.1) is 0 Å². The highest BCUT2D eigenvalue weighted by Crippen LogP contribution is 2.11. The van der Waals surface area contributed by atoms with E-state index >= 15 is 0 Å². The van der Waals surface area contributed by atoms with E-state index in [1.54, 1.807) is 0 Å². The third-order valence-electron chi connectivity index (χ3n) is 3.23. The maximum Gasteiger partial charge on any atom is 0.303 e. The molecule has 1 aromatic carbocycles. The lowest BCUT2D eigenvalue weighted by Crippen LogP contribution is -2.35. The van der Waals surface area contributed by atoms with Gasteiger partial charge < -0.3 is 16.2 Å². The molecule has 5 nitrogen and oxygen atoms in total. The Morgan fingerprint density at radius 3 is 2.50 bits per heavy atom. The molecule has 0 aliphatic heterocycles. The monoisotopic (exact) mass is 278 g/mol. The molecule has 20 heavy (non-hydrogen) atoms. The van der Waals surface area contributed by atoms with Gasteiger partial charge in [0.2, 0.25) is 5.91 Å². The molecule has 0 fully saturated rings. The van der Waals surface area contributed by atoms with Gasteiger partial charge in [0.1, 0.15) is 6.04 Å². The van der Waals surface area contributed by atoms with E-state index in [1.165, 1.54) is 0 Å². The van der Waals surface area contributed by atoms with Crippen molar-refractivity contribution in [2.45, 2.75) is 32.2 Å².